The van der Waals surface area contributed by atoms with Gasteiger partial charge in [0.25, 0.3) is 0 Å². The van der Waals surface area contributed by atoms with Crippen molar-refractivity contribution in [1.29, 1.82) is 0 Å². The Morgan fingerprint density at radius 3 is 2.12 bits per heavy atom. The standard InChI is InChI=1S/C31H38ClN3O4S/c1-4-24(2)33-31(37)29(21-25-13-7-5-8-14-25)34(23-26-15-9-6-10-16-26)30(36)19-12-20-35(40(3,38)39)28-18-11-17-27(32)22-28/h5-11,13-18,22,24,29H,4,12,19-21,23H2,1-3H3,(H,33,37)/t24-,29-/m1/s1. The summed E-state index contributed by atoms with van der Waals surface area (Å²) in [7, 11) is -3.60. The van der Waals surface area contributed by atoms with Crippen LogP contribution in [0, 0.1) is 0 Å². The molecule has 3 rings (SSSR count). The number of nitrogens with one attached hydrogen (secondary N) is 1. The summed E-state index contributed by atoms with van der Waals surface area (Å²) in [6, 6.07) is 25.0. The molecule has 40 heavy (non-hydrogen) atoms. The normalized spacial score (nSPS) is 12.8. The van der Waals surface area contributed by atoms with Crippen molar-refractivity contribution < 1.29 is 18.0 Å². The number of halogens is 1. The molecule has 0 aliphatic carbocycles. The van der Waals surface area contributed by atoms with Gasteiger partial charge >= 0.3 is 0 Å². The number of hydrogen-bond acceptors (Lipinski definition) is 4. The molecule has 0 bridgehead atoms. The zero-order valence-electron chi connectivity index (χ0n) is 23.3. The molecule has 0 aromatic heterocycles. The zero-order chi connectivity index (χ0) is 29.1. The van der Waals surface area contributed by atoms with Crippen molar-refractivity contribution in [3.05, 3.63) is 101 Å². The van der Waals surface area contributed by atoms with Crippen LogP contribution in [0.3, 0.4) is 0 Å². The maximum atomic E-state index is 13.8. The van der Waals surface area contributed by atoms with Crippen LogP contribution in [0.4, 0.5) is 5.69 Å². The lowest BCUT2D eigenvalue weighted by Crippen LogP contribution is -2.52. The van der Waals surface area contributed by atoms with Crippen molar-refractivity contribution in [1.82, 2.24) is 10.2 Å². The van der Waals surface area contributed by atoms with Gasteiger partial charge in [0.1, 0.15) is 6.04 Å². The van der Waals surface area contributed by atoms with E-state index in [0.29, 0.717) is 17.1 Å². The first-order chi connectivity index (χ1) is 19.1. The van der Waals surface area contributed by atoms with Gasteiger partial charge in [0.15, 0.2) is 0 Å². The Kier molecular flexibility index (Phi) is 11.6. The zero-order valence-corrected chi connectivity index (χ0v) is 24.9. The molecule has 3 aromatic carbocycles. The fraction of sp³-hybridized carbons (Fsp3) is 0.355. The minimum Gasteiger partial charge on any atom is -0.352 e. The summed E-state index contributed by atoms with van der Waals surface area (Å²) < 4.78 is 26.4. The van der Waals surface area contributed by atoms with Gasteiger partial charge in [-0.1, -0.05) is 85.3 Å². The minimum atomic E-state index is -3.60. The van der Waals surface area contributed by atoms with Gasteiger partial charge in [0.2, 0.25) is 21.8 Å². The number of carbonyl (C=O) groups excluding carboxylic acids is 2. The van der Waals surface area contributed by atoms with Crippen LogP contribution in [-0.2, 0) is 32.6 Å². The molecule has 2 atom stereocenters. The first-order valence-corrected chi connectivity index (χ1v) is 15.7. The maximum absolute atomic E-state index is 13.8. The summed E-state index contributed by atoms with van der Waals surface area (Å²) in [6.45, 7) is 4.30. The van der Waals surface area contributed by atoms with Gasteiger partial charge in [0, 0.05) is 37.0 Å². The van der Waals surface area contributed by atoms with Crippen LogP contribution in [0.5, 0.6) is 0 Å². The molecule has 0 aliphatic rings. The van der Waals surface area contributed by atoms with E-state index in [9.17, 15) is 18.0 Å². The third kappa shape index (κ3) is 9.38. The highest BCUT2D eigenvalue weighted by molar-refractivity contribution is 7.92. The highest BCUT2D eigenvalue weighted by Crippen LogP contribution is 2.23. The van der Waals surface area contributed by atoms with Crippen molar-refractivity contribution in [2.75, 3.05) is 17.1 Å². The second-order valence-electron chi connectivity index (χ2n) is 9.95. The van der Waals surface area contributed by atoms with Gasteiger partial charge in [0.05, 0.1) is 11.9 Å². The first kappa shape index (κ1) is 31.2. The van der Waals surface area contributed by atoms with Crippen molar-refractivity contribution in [3.63, 3.8) is 0 Å². The summed E-state index contributed by atoms with van der Waals surface area (Å²) in [5, 5.41) is 3.48. The molecular formula is C31H38ClN3O4S. The van der Waals surface area contributed by atoms with Crippen LogP contribution < -0.4 is 9.62 Å². The number of carbonyl (C=O) groups is 2. The molecule has 0 saturated carbocycles. The molecule has 7 nitrogen and oxygen atoms in total. The van der Waals surface area contributed by atoms with Gasteiger partial charge < -0.3 is 10.2 Å². The topological polar surface area (TPSA) is 86.8 Å². The molecule has 214 valence electrons. The highest BCUT2D eigenvalue weighted by atomic mass is 35.5. The second-order valence-corrected chi connectivity index (χ2v) is 12.3. The Morgan fingerprint density at radius 2 is 1.55 bits per heavy atom. The molecule has 1 N–H and O–H groups in total. The molecule has 0 fully saturated rings. The van der Waals surface area contributed by atoms with E-state index in [1.54, 1.807) is 29.2 Å². The summed E-state index contributed by atoms with van der Waals surface area (Å²) in [6.07, 6.45) is 2.60. The number of anilines is 1. The minimum absolute atomic E-state index is 0.0412. The van der Waals surface area contributed by atoms with Crippen molar-refractivity contribution in [2.45, 2.75) is 58.2 Å². The highest BCUT2D eigenvalue weighted by Gasteiger charge is 2.31. The number of hydrogen-bond donors (Lipinski definition) is 1. The molecule has 0 heterocycles. The SMILES string of the molecule is CC[C@@H](C)NC(=O)[C@@H](Cc1ccccc1)N(Cc1ccccc1)C(=O)CCCN(c1cccc(Cl)c1)S(C)(=O)=O. The van der Waals surface area contributed by atoms with E-state index in [1.165, 1.54) is 4.31 Å². The number of rotatable bonds is 14. The molecule has 9 heteroatoms. The predicted molar refractivity (Wildman–Crippen MR) is 162 cm³/mol. The number of benzene rings is 3. The quantitative estimate of drug-likeness (QED) is 0.274. The smallest absolute Gasteiger partial charge is 0.243 e. The number of sulfonamides is 1. The van der Waals surface area contributed by atoms with Crippen LogP contribution >= 0.6 is 11.6 Å². The number of nitrogens with zero attached hydrogens (tertiary/aromatic N) is 2. The van der Waals surface area contributed by atoms with Gasteiger partial charge in [-0.2, -0.15) is 0 Å². The van der Waals surface area contributed by atoms with Crippen molar-refractivity contribution >= 4 is 39.1 Å². The lowest BCUT2D eigenvalue weighted by Gasteiger charge is -2.32. The van der Waals surface area contributed by atoms with E-state index in [0.717, 1.165) is 23.8 Å². The van der Waals surface area contributed by atoms with Crippen molar-refractivity contribution in [3.8, 4) is 0 Å². The summed E-state index contributed by atoms with van der Waals surface area (Å²) in [5.74, 6) is -0.428. The Hall–Kier alpha value is -3.36. The molecule has 0 aliphatic heterocycles. The van der Waals surface area contributed by atoms with E-state index < -0.39 is 16.1 Å². The third-order valence-electron chi connectivity index (χ3n) is 6.72. The molecule has 0 spiro atoms. The van der Waals surface area contributed by atoms with E-state index in [2.05, 4.69) is 5.32 Å². The molecule has 0 unspecified atom stereocenters. The van der Waals surface area contributed by atoms with Gasteiger partial charge in [-0.05, 0) is 49.1 Å². The van der Waals surface area contributed by atoms with Crippen molar-refractivity contribution in [2.24, 2.45) is 0 Å². The van der Waals surface area contributed by atoms with E-state index in [-0.39, 0.29) is 43.8 Å². The first-order valence-electron chi connectivity index (χ1n) is 13.5. The van der Waals surface area contributed by atoms with Crippen LogP contribution in [0.25, 0.3) is 0 Å². The van der Waals surface area contributed by atoms with E-state index in [1.807, 2.05) is 74.5 Å². The molecule has 3 aromatic rings. The van der Waals surface area contributed by atoms with Crippen LogP contribution in [-0.4, -0.2) is 50.0 Å². The van der Waals surface area contributed by atoms with Crippen LogP contribution in [0.1, 0.15) is 44.2 Å². The summed E-state index contributed by atoms with van der Waals surface area (Å²) >= 11 is 6.10. The summed E-state index contributed by atoms with van der Waals surface area (Å²) in [5.41, 5.74) is 2.29. The van der Waals surface area contributed by atoms with Gasteiger partial charge in [-0.15, -0.1) is 0 Å². The monoisotopic (exact) mass is 583 g/mol. The van der Waals surface area contributed by atoms with E-state index in [4.69, 9.17) is 11.6 Å². The fourth-order valence-corrected chi connectivity index (χ4v) is 5.55. The fourth-order valence-electron chi connectivity index (χ4n) is 4.41. The Balaban J connectivity index is 1.87. The largest absolute Gasteiger partial charge is 0.352 e. The average Bonchev–Trinajstić information content (AvgIpc) is 2.93. The molecule has 0 radical (unpaired) electrons. The molecule has 0 saturated heterocycles. The third-order valence-corrected chi connectivity index (χ3v) is 8.15. The lowest BCUT2D eigenvalue weighted by atomic mass is 10.0. The Labute approximate surface area is 243 Å². The molecular weight excluding hydrogens is 546 g/mol. The average molecular weight is 584 g/mol. The predicted octanol–water partition coefficient (Wildman–Crippen LogP) is 5.44. The Bertz CT molecular complexity index is 1350. The van der Waals surface area contributed by atoms with E-state index >= 15 is 0 Å². The van der Waals surface area contributed by atoms with Crippen LogP contribution in [0.2, 0.25) is 5.02 Å². The summed E-state index contributed by atoms with van der Waals surface area (Å²) in [4.78, 5) is 29.0. The van der Waals surface area contributed by atoms with Gasteiger partial charge in [-0.25, -0.2) is 8.42 Å². The van der Waals surface area contributed by atoms with Gasteiger partial charge in [-0.3, -0.25) is 13.9 Å². The molecule has 2 amide bonds. The lowest BCUT2D eigenvalue weighted by molar-refractivity contribution is -0.141. The Morgan fingerprint density at radius 1 is 0.925 bits per heavy atom. The van der Waals surface area contributed by atoms with Crippen LogP contribution in [0.15, 0.2) is 84.9 Å². The maximum Gasteiger partial charge on any atom is 0.243 e. The number of amides is 2. The second kappa shape index (κ2) is 14.9.